The first-order chi connectivity index (χ1) is 6.11. The third-order valence-corrected chi connectivity index (χ3v) is 3.58. The van der Waals surface area contributed by atoms with Crippen molar-refractivity contribution in [2.75, 3.05) is 40.3 Å². The Labute approximate surface area is 82.9 Å². The normalized spacial score (nSPS) is 24.0. The zero-order valence-electron chi connectivity index (χ0n) is 9.64. The molecule has 0 aromatic rings. The largest absolute Gasteiger partial charge is 0.319 e. The number of rotatable bonds is 6. The molecule has 1 aliphatic rings. The van der Waals surface area contributed by atoms with Crippen LogP contribution >= 0.6 is 0 Å². The molecule has 13 heavy (non-hydrogen) atoms. The molecule has 2 heteroatoms. The van der Waals surface area contributed by atoms with Crippen molar-refractivity contribution in [1.82, 2.24) is 5.32 Å². The number of quaternary nitrogens is 1. The number of nitrogens with zero attached hydrogens (tertiary/aromatic N) is 1. The van der Waals surface area contributed by atoms with E-state index in [2.05, 4.69) is 33.3 Å². The highest BCUT2D eigenvalue weighted by atomic mass is 15.4. The Hall–Kier alpha value is -0.0800. The second kappa shape index (κ2) is 4.43. The minimum absolute atomic E-state index is 0.863. The molecule has 78 valence electrons. The summed E-state index contributed by atoms with van der Waals surface area (Å²) in [6.07, 6.45) is 1.31. The van der Waals surface area contributed by atoms with Crippen LogP contribution in [0.3, 0.4) is 0 Å². The molecule has 2 atom stereocenters. The van der Waals surface area contributed by atoms with Crippen molar-refractivity contribution < 1.29 is 4.48 Å². The van der Waals surface area contributed by atoms with Crippen LogP contribution in [0.1, 0.15) is 20.3 Å². The summed E-state index contributed by atoms with van der Waals surface area (Å²) in [5, 5.41) is 3.32. The summed E-state index contributed by atoms with van der Waals surface area (Å²) < 4.78 is 1.32. The summed E-state index contributed by atoms with van der Waals surface area (Å²) in [6, 6.07) is 0. The van der Waals surface area contributed by atoms with Gasteiger partial charge in [-0.25, -0.2) is 0 Å². The zero-order valence-corrected chi connectivity index (χ0v) is 9.64. The Morgan fingerprint density at radius 3 is 2.38 bits per heavy atom. The lowest BCUT2D eigenvalue weighted by Crippen LogP contribution is -2.36. The van der Waals surface area contributed by atoms with Crippen molar-refractivity contribution in [2.24, 2.45) is 11.8 Å². The predicted molar refractivity (Wildman–Crippen MR) is 57.7 cm³/mol. The molecule has 1 saturated heterocycles. The SMILES string of the molecule is CCC(C)C(CNC)C[N+]1(C)CC1. The van der Waals surface area contributed by atoms with Crippen molar-refractivity contribution in [1.29, 1.82) is 0 Å². The van der Waals surface area contributed by atoms with Gasteiger partial charge in [-0.1, -0.05) is 20.3 Å². The third-order valence-electron chi connectivity index (χ3n) is 3.58. The summed E-state index contributed by atoms with van der Waals surface area (Å²) in [5.41, 5.74) is 0. The first-order valence-corrected chi connectivity index (χ1v) is 5.59. The van der Waals surface area contributed by atoms with E-state index in [4.69, 9.17) is 0 Å². The lowest BCUT2D eigenvalue weighted by Gasteiger charge is -2.25. The molecule has 1 rings (SSSR count). The van der Waals surface area contributed by atoms with Crippen molar-refractivity contribution in [3.8, 4) is 0 Å². The van der Waals surface area contributed by atoms with E-state index in [0.717, 1.165) is 11.8 Å². The molecule has 2 nitrogen and oxygen atoms in total. The summed E-state index contributed by atoms with van der Waals surface area (Å²) in [6.45, 7) is 10.0. The van der Waals surface area contributed by atoms with Gasteiger partial charge in [-0.15, -0.1) is 0 Å². The molecule has 0 aliphatic carbocycles. The van der Waals surface area contributed by atoms with Crippen LogP contribution in [0.2, 0.25) is 0 Å². The van der Waals surface area contributed by atoms with Crippen LogP contribution in [0.15, 0.2) is 0 Å². The van der Waals surface area contributed by atoms with Gasteiger partial charge in [0.25, 0.3) is 0 Å². The maximum Gasteiger partial charge on any atom is 0.128 e. The minimum Gasteiger partial charge on any atom is -0.319 e. The second-order valence-electron chi connectivity index (χ2n) is 4.95. The van der Waals surface area contributed by atoms with Gasteiger partial charge in [-0.2, -0.15) is 0 Å². The van der Waals surface area contributed by atoms with Crippen LogP contribution in [0, 0.1) is 11.8 Å². The quantitative estimate of drug-likeness (QED) is 0.486. The molecule has 0 aromatic heterocycles. The lowest BCUT2D eigenvalue weighted by molar-refractivity contribution is -0.782. The lowest BCUT2D eigenvalue weighted by atomic mass is 9.91. The third kappa shape index (κ3) is 3.28. The van der Waals surface area contributed by atoms with Gasteiger partial charge in [0.2, 0.25) is 0 Å². The highest BCUT2D eigenvalue weighted by molar-refractivity contribution is 4.69. The molecule has 0 radical (unpaired) electrons. The molecular weight excluding hydrogens is 160 g/mol. The highest BCUT2D eigenvalue weighted by Gasteiger charge is 2.39. The smallest absolute Gasteiger partial charge is 0.128 e. The van der Waals surface area contributed by atoms with E-state index >= 15 is 0 Å². The molecule has 0 aromatic carbocycles. The monoisotopic (exact) mass is 185 g/mol. The number of hydrogen-bond acceptors (Lipinski definition) is 1. The molecule has 2 unspecified atom stereocenters. The van der Waals surface area contributed by atoms with E-state index in [1.165, 1.54) is 37.1 Å². The van der Waals surface area contributed by atoms with Gasteiger partial charge < -0.3 is 9.80 Å². The maximum atomic E-state index is 3.32. The first-order valence-electron chi connectivity index (χ1n) is 5.59. The standard InChI is InChI=1S/C11H25N2/c1-5-10(2)11(8-12-3)9-13(4)6-7-13/h10-12H,5-9H2,1-4H3/q+1. The Balaban J connectivity index is 2.37. The van der Waals surface area contributed by atoms with Crippen molar-refractivity contribution >= 4 is 0 Å². The van der Waals surface area contributed by atoms with Crippen LogP contribution in [0.4, 0.5) is 0 Å². The highest BCUT2D eigenvalue weighted by Crippen LogP contribution is 2.24. The number of likely N-dealkylation sites (N-methyl/N-ethyl adjacent to an activating group) is 1. The Bertz CT molecular complexity index is 152. The molecule has 0 saturated carbocycles. The Morgan fingerprint density at radius 2 is 2.00 bits per heavy atom. The van der Waals surface area contributed by atoms with E-state index in [1.54, 1.807) is 0 Å². The van der Waals surface area contributed by atoms with Crippen molar-refractivity contribution in [2.45, 2.75) is 20.3 Å². The van der Waals surface area contributed by atoms with Crippen LogP contribution in [0.25, 0.3) is 0 Å². The van der Waals surface area contributed by atoms with Crippen LogP contribution in [-0.4, -0.2) is 44.8 Å². The van der Waals surface area contributed by atoms with Gasteiger partial charge >= 0.3 is 0 Å². The van der Waals surface area contributed by atoms with E-state index < -0.39 is 0 Å². The molecule has 1 aliphatic heterocycles. The van der Waals surface area contributed by atoms with Crippen molar-refractivity contribution in [3.63, 3.8) is 0 Å². The van der Waals surface area contributed by atoms with Gasteiger partial charge in [0.05, 0.1) is 13.6 Å². The second-order valence-corrected chi connectivity index (χ2v) is 4.95. The number of hydrogen-bond donors (Lipinski definition) is 1. The van der Waals surface area contributed by atoms with Gasteiger partial charge in [-0.3, -0.25) is 0 Å². The Morgan fingerprint density at radius 1 is 1.38 bits per heavy atom. The van der Waals surface area contributed by atoms with Gasteiger partial charge in [0.1, 0.15) is 13.1 Å². The molecule has 0 bridgehead atoms. The average Bonchev–Trinajstić information content (AvgIpc) is 2.82. The fourth-order valence-corrected chi connectivity index (χ4v) is 1.96. The number of nitrogens with one attached hydrogen (secondary N) is 1. The van der Waals surface area contributed by atoms with Crippen LogP contribution in [-0.2, 0) is 0 Å². The van der Waals surface area contributed by atoms with E-state index in [1.807, 2.05) is 0 Å². The van der Waals surface area contributed by atoms with Crippen molar-refractivity contribution in [3.05, 3.63) is 0 Å². The predicted octanol–water partition coefficient (Wildman–Crippen LogP) is 1.33. The molecule has 0 spiro atoms. The summed E-state index contributed by atoms with van der Waals surface area (Å²) in [5.74, 6) is 1.73. The van der Waals surface area contributed by atoms with E-state index in [9.17, 15) is 0 Å². The van der Waals surface area contributed by atoms with Crippen LogP contribution in [0.5, 0.6) is 0 Å². The summed E-state index contributed by atoms with van der Waals surface area (Å²) in [4.78, 5) is 0. The molecule has 1 fully saturated rings. The average molecular weight is 185 g/mol. The van der Waals surface area contributed by atoms with Gasteiger partial charge in [-0.05, 0) is 13.0 Å². The fraction of sp³-hybridized carbons (Fsp3) is 1.00. The summed E-state index contributed by atoms with van der Waals surface area (Å²) in [7, 11) is 4.45. The topological polar surface area (TPSA) is 12.0 Å². The minimum atomic E-state index is 0.863. The molecular formula is C11H25N2+. The molecule has 1 heterocycles. The zero-order chi connectivity index (χ0) is 9.90. The fourth-order valence-electron chi connectivity index (χ4n) is 1.96. The van der Waals surface area contributed by atoms with Gasteiger partial charge in [0, 0.05) is 12.5 Å². The van der Waals surface area contributed by atoms with E-state index in [-0.39, 0.29) is 0 Å². The van der Waals surface area contributed by atoms with Gasteiger partial charge in [0.15, 0.2) is 0 Å². The summed E-state index contributed by atoms with van der Waals surface area (Å²) >= 11 is 0. The molecule has 1 N–H and O–H groups in total. The molecule has 0 amide bonds. The first kappa shape index (κ1) is 11.0. The van der Waals surface area contributed by atoms with E-state index in [0.29, 0.717) is 0 Å². The Kier molecular flexibility index (Phi) is 3.74. The van der Waals surface area contributed by atoms with Crippen LogP contribution < -0.4 is 5.32 Å². The maximum absolute atomic E-state index is 3.32.